The van der Waals surface area contributed by atoms with Crippen molar-refractivity contribution in [1.29, 1.82) is 0 Å². The van der Waals surface area contributed by atoms with E-state index in [2.05, 4.69) is 6.92 Å². The standard InChI is InChI=1S/C31H44F4O4/c1-3-4-5-6-7-29(24-14-20-9-21(16-24)17-25(29)15-20)39-27(37)31(34,35)30(32,33)26(36)38-28(2)22-10-18-8-19(12-22)13-23(28)11-18/h18-25H,3-17H2,1-2H3. The smallest absolute Gasteiger partial charge is 0.415 e. The number of hydrogen-bond acceptors (Lipinski definition) is 4. The van der Waals surface area contributed by atoms with Crippen molar-refractivity contribution in [2.75, 3.05) is 0 Å². The van der Waals surface area contributed by atoms with Gasteiger partial charge in [0.15, 0.2) is 0 Å². The summed E-state index contributed by atoms with van der Waals surface area (Å²) in [6.45, 7) is 3.70. The van der Waals surface area contributed by atoms with Gasteiger partial charge in [0.05, 0.1) is 0 Å². The van der Waals surface area contributed by atoms with Crippen LogP contribution in [0, 0.1) is 47.3 Å². The summed E-state index contributed by atoms with van der Waals surface area (Å²) in [6, 6.07) is 0. The van der Waals surface area contributed by atoms with Gasteiger partial charge in [-0.05, 0) is 131 Å². The zero-order valence-electron chi connectivity index (χ0n) is 23.4. The van der Waals surface area contributed by atoms with Crippen LogP contribution in [0.3, 0.4) is 0 Å². The minimum Gasteiger partial charge on any atom is -0.454 e. The lowest BCUT2D eigenvalue weighted by Crippen LogP contribution is -2.64. The lowest BCUT2D eigenvalue weighted by Gasteiger charge is -2.60. The number of ether oxygens (including phenoxy) is 2. The first-order chi connectivity index (χ1) is 18.4. The Hall–Kier alpha value is -1.34. The molecule has 0 aliphatic heterocycles. The molecule has 0 aromatic heterocycles. The summed E-state index contributed by atoms with van der Waals surface area (Å²) < 4.78 is 72.3. The maximum absolute atomic E-state index is 15.4. The molecule has 8 fully saturated rings. The Morgan fingerprint density at radius 2 is 1.05 bits per heavy atom. The number of esters is 2. The normalized spacial score (nSPS) is 44.1. The molecule has 0 unspecified atom stereocenters. The van der Waals surface area contributed by atoms with Crippen molar-refractivity contribution in [3.8, 4) is 0 Å². The highest BCUT2D eigenvalue weighted by atomic mass is 19.3. The van der Waals surface area contributed by atoms with Crippen molar-refractivity contribution in [2.24, 2.45) is 47.3 Å². The van der Waals surface area contributed by atoms with Gasteiger partial charge in [-0.3, -0.25) is 0 Å². The van der Waals surface area contributed by atoms with E-state index >= 15 is 17.6 Å². The van der Waals surface area contributed by atoms with Gasteiger partial charge >= 0.3 is 23.8 Å². The van der Waals surface area contributed by atoms with E-state index in [4.69, 9.17) is 9.47 Å². The third-order valence-electron chi connectivity index (χ3n) is 12.2. The van der Waals surface area contributed by atoms with Gasteiger partial charge in [-0.15, -0.1) is 0 Å². The van der Waals surface area contributed by atoms with Crippen LogP contribution in [0.2, 0.25) is 0 Å². The molecule has 0 aromatic carbocycles. The quantitative estimate of drug-likeness (QED) is 0.157. The van der Waals surface area contributed by atoms with Crippen LogP contribution in [0.4, 0.5) is 17.6 Å². The molecule has 8 bridgehead atoms. The minimum atomic E-state index is -5.29. The summed E-state index contributed by atoms with van der Waals surface area (Å²) in [7, 11) is 0. The molecule has 8 heteroatoms. The number of carbonyl (C=O) groups excluding carboxylic acids is 2. The van der Waals surface area contributed by atoms with Gasteiger partial charge in [0, 0.05) is 0 Å². The zero-order valence-corrected chi connectivity index (χ0v) is 23.4. The monoisotopic (exact) mass is 556 g/mol. The fraction of sp³-hybridized carbons (Fsp3) is 0.935. The van der Waals surface area contributed by atoms with Crippen molar-refractivity contribution in [3.63, 3.8) is 0 Å². The molecule has 0 aromatic rings. The largest absolute Gasteiger partial charge is 0.454 e. The number of unbranched alkanes of at least 4 members (excludes halogenated alkanes) is 3. The van der Waals surface area contributed by atoms with Gasteiger partial charge in [-0.2, -0.15) is 17.6 Å². The molecule has 0 atom stereocenters. The molecule has 8 rings (SSSR count). The van der Waals surface area contributed by atoms with E-state index in [0.717, 1.165) is 83.5 Å². The van der Waals surface area contributed by atoms with Gasteiger partial charge in [-0.25, -0.2) is 9.59 Å². The molecular formula is C31H44F4O4. The van der Waals surface area contributed by atoms with E-state index in [1.54, 1.807) is 6.92 Å². The average molecular weight is 557 g/mol. The number of alkyl halides is 4. The first-order valence-electron chi connectivity index (χ1n) is 15.6. The predicted molar refractivity (Wildman–Crippen MR) is 136 cm³/mol. The molecule has 0 N–H and O–H groups in total. The van der Waals surface area contributed by atoms with Crippen LogP contribution >= 0.6 is 0 Å². The first-order valence-corrected chi connectivity index (χ1v) is 15.6. The maximum atomic E-state index is 15.4. The van der Waals surface area contributed by atoms with E-state index in [1.807, 2.05) is 0 Å². The summed E-state index contributed by atoms with van der Waals surface area (Å²) in [5.74, 6) is -13.5. The molecule has 8 aliphatic rings. The molecule has 0 radical (unpaired) electrons. The fourth-order valence-electron chi connectivity index (χ4n) is 10.5. The van der Waals surface area contributed by atoms with E-state index in [0.29, 0.717) is 36.5 Å². The Labute approximate surface area is 229 Å². The molecular weight excluding hydrogens is 512 g/mol. The Bertz CT molecular complexity index is 922. The van der Waals surface area contributed by atoms with Gasteiger partial charge in [0.1, 0.15) is 11.2 Å². The molecule has 220 valence electrons. The summed E-state index contributed by atoms with van der Waals surface area (Å²) in [5, 5.41) is 0. The molecule has 0 amide bonds. The molecule has 4 nitrogen and oxygen atoms in total. The van der Waals surface area contributed by atoms with Gasteiger partial charge in [0.2, 0.25) is 0 Å². The number of carbonyl (C=O) groups is 2. The van der Waals surface area contributed by atoms with Crippen LogP contribution in [0.25, 0.3) is 0 Å². The Morgan fingerprint density at radius 3 is 1.49 bits per heavy atom. The number of rotatable bonds is 10. The van der Waals surface area contributed by atoms with Gasteiger partial charge in [0.25, 0.3) is 0 Å². The van der Waals surface area contributed by atoms with Gasteiger partial charge < -0.3 is 9.47 Å². The first kappa shape index (κ1) is 27.8. The lowest BCUT2D eigenvalue weighted by atomic mass is 9.49. The fourth-order valence-corrected chi connectivity index (χ4v) is 10.5. The maximum Gasteiger partial charge on any atom is 0.415 e. The molecule has 0 saturated heterocycles. The highest BCUT2D eigenvalue weighted by molar-refractivity contribution is 5.90. The Balaban J connectivity index is 1.19. The van der Waals surface area contributed by atoms with Gasteiger partial charge in [-0.1, -0.05) is 26.2 Å². The summed E-state index contributed by atoms with van der Waals surface area (Å²) in [6.07, 6.45) is 12.5. The van der Waals surface area contributed by atoms with Crippen LogP contribution in [0.5, 0.6) is 0 Å². The third kappa shape index (κ3) is 4.35. The highest BCUT2D eigenvalue weighted by Gasteiger charge is 2.72. The van der Waals surface area contributed by atoms with E-state index in [1.165, 1.54) is 0 Å². The molecule has 39 heavy (non-hydrogen) atoms. The minimum absolute atomic E-state index is 0.0809. The van der Waals surface area contributed by atoms with Crippen molar-refractivity contribution in [1.82, 2.24) is 0 Å². The molecule has 8 aliphatic carbocycles. The number of halogens is 4. The Morgan fingerprint density at radius 1 is 0.641 bits per heavy atom. The summed E-state index contributed by atoms with van der Waals surface area (Å²) in [4.78, 5) is 25.9. The summed E-state index contributed by atoms with van der Waals surface area (Å²) in [5.41, 5.74) is -2.34. The molecule has 0 heterocycles. The van der Waals surface area contributed by atoms with Crippen molar-refractivity contribution >= 4 is 11.9 Å². The SMILES string of the molecule is CCCCCCC1(OC(=O)C(F)(F)C(F)(F)C(=O)OC2(C)C3CC4CC(C3)CC2C4)C2CC3CC(C2)CC1C3. The second kappa shape index (κ2) is 9.61. The molecule has 8 saturated carbocycles. The van der Waals surface area contributed by atoms with Crippen LogP contribution < -0.4 is 0 Å². The van der Waals surface area contributed by atoms with Crippen LogP contribution in [-0.4, -0.2) is 35.0 Å². The van der Waals surface area contributed by atoms with E-state index < -0.39 is 35.0 Å². The summed E-state index contributed by atoms with van der Waals surface area (Å²) >= 11 is 0. The highest BCUT2D eigenvalue weighted by Crippen LogP contribution is 2.62. The molecule has 0 spiro atoms. The van der Waals surface area contributed by atoms with Crippen molar-refractivity contribution < 1.29 is 36.6 Å². The van der Waals surface area contributed by atoms with Crippen molar-refractivity contribution in [3.05, 3.63) is 0 Å². The number of hydrogen-bond donors (Lipinski definition) is 0. The topological polar surface area (TPSA) is 52.6 Å². The van der Waals surface area contributed by atoms with Crippen LogP contribution in [-0.2, 0) is 19.1 Å². The average Bonchev–Trinajstić information content (AvgIpc) is 2.87. The second-order valence-corrected chi connectivity index (χ2v) is 14.5. The third-order valence-corrected chi connectivity index (χ3v) is 12.2. The van der Waals surface area contributed by atoms with Crippen LogP contribution in [0.1, 0.15) is 110 Å². The zero-order chi connectivity index (χ0) is 27.8. The van der Waals surface area contributed by atoms with Crippen molar-refractivity contribution in [2.45, 2.75) is 133 Å². The van der Waals surface area contributed by atoms with E-state index in [-0.39, 0.29) is 23.7 Å². The Kier molecular flexibility index (Phi) is 6.85. The predicted octanol–water partition coefficient (Wildman–Crippen LogP) is 7.72. The van der Waals surface area contributed by atoms with Crippen LogP contribution in [0.15, 0.2) is 0 Å². The lowest BCUT2D eigenvalue weighted by molar-refractivity contribution is -0.272. The van der Waals surface area contributed by atoms with E-state index in [9.17, 15) is 9.59 Å². The second-order valence-electron chi connectivity index (χ2n) is 14.5.